The van der Waals surface area contributed by atoms with Gasteiger partial charge in [-0.25, -0.2) is 0 Å². The minimum Gasteiger partial charge on any atom is -0.455 e. The van der Waals surface area contributed by atoms with E-state index < -0.39 is 5.41 Å². The van der Waals surface area contributed by atoms with Crippen LogP contribution in [0.4, 0.5) is 0 Å². The lowest BCUT2D eigenvalue weighted by molar-refractivity contribution is 0.672. The van der Waals surface area contributed by atoms with Crippen LogP contribution in [0.25, 0.3) is 121 Å². The van der Waals surface area contributed by atoms with E-state index in [-0.39, 0.29) is 26.9 Å². The second-order valence-electron chi connectivity index (χ2n) is 29.4. The van der Waals surface area contributed by atoms with Gasteiger partial charge in [-0.05, 0) is 117 Å². The normalized spacial score (nSPS) is 13.7. The molecule has 0 bridgehead atoms. The highest BCUT2D eigenvalue weighted by Crippen LogP contribution is 2.63. The van der Waals surface area contributed by atoms with Gasteiger partial charge in [-0.1, -0.05) is 345 Å². The average molecular weight is 1330 g/mol. The van der Waals surface area contributed by atoms with Gasteiger partial charge < -0.3 is 18.0 Å². The molecule has 0 unspecified atom stereocenters. The molecule has 4 aliphatic rings. The molecule has 480 valence electrons. The molecule has 2 aliphatic heterocycles. The first-order valence-corrected chi connectivity index (χ1v) is 36.8. The van der Waals surface area contributed by atoms with E-state index in [0.29, 0.717) is 0 Å². The van der Waals surface area contributed by atoms with Gasteiger partial charge in [-0.3, -0.25) is 0 Å². The summed E-state index contributed by atoms with van der Waals surface area (Å²) in [5.41, 5.74) is 35.6. The second-order valence-corrected chi connectivity index (χ2v) is 29.4. The molecule has 1 spiro atoms. The predicted molar refractivity (Wildman–Crippen MR) is 443 cm³/mol. The zero-order chi connectivity index (χ0) is 68.3. The molecule has 2 aliphatic carbocycles. The van der Waals surface area contributed by atoms with Crippen LogP contribution in [0, 0.1) is 0 Å². The van der Waals surface area contributed by atoms with Crippen LogP contribution >= 0.6 is 0 Å². The first kappa shape index (κ1) is 57.6. The Morgan fingerprint density at radius 2 is 0.571 bits per heavy atom. The zero-order valence-electron chi connectivity index (χ0n) is 57.0. The van der Waals surface area contributed by atoms with Crippen LogP contribution in [0.15, 0.2) is 361 Å². The van der Waals surface area contributed by atoms with Crippen molar-refractivity contribution < 1.29 is 8.83 Å². The number of fused-ring (bicyclic) bond motifs is 30. The van der Waals surface area contributed by atoms with Crippen molar-refractivity contribution in [3.05, 3.63) is 374 Å². The van der Waals surface area contributed by atoms with Crippen molar-refractivity contribution in [3.63, 3.8) is 0 Å². The highest BCUT2D eigenvalue weighted by Gasteiger charge is 2.56. The van der Waals surface area contributed by atoms with Crippen LogP contribution in [0.3, 0.4) is 0 Å². The lowest BCUT2D eigenvalue weighted by atomic mass is 9.20. The molecular weight excluding hydrogens is 1270 g/mol. The van der Waals surface area contributed by atoms with Crippen LogP contribution in [-0.4, -0.2) is 36.0 Å². The maximum absolute atomic E-state index is 6.97. The fourth-order valence-corrected chi connectivity index (χ4v) is 20.6. The number of para-hydroxylation sites is 4. The molecule has 105 heavy (non-hydrogen) atoms. The monoisotopic (exact) mass is 1330 g/mol. The van der Waals surface area contributed by atoms with Gasteiger partial charge in [0.15, 0.2) is 0 Å². The molecule has 4 aromatic heterocycles. The van der Waals surface area contributed by atoms with Crippen molar-refractivity contribution in [1.82, 2.24) is 9.13 Å². The third-order valence-electron chi connectivity index (χ3n) is 24.6. The van der Waals surface area contributed by atoms with Crippen molar-refractivity contribution >= 4 is 180 Å². The summed E-state index contributed by atoms with van der Waals surface area (Å²) in [5, 5.41) is 9.04. The van der Waals surface area contributed by atoms with Gasteiger partial charge in [0.05, 0.1) is 38.3 Å². The molecule has 0 saturated heterocycles. The van der Waals surface area contributed by atoms with Crippen molar-refractivity contribution in [2.24, 2.45) is 0 Å². The van der Waals surface area contributed by atoms with Crippen molar-refractivity contribution in [3.8, 4) is 33.6 Å². The Kier molecular flexibility index (Phi) is 11.8. The molecule has 0 saturated carbocycles. The van der Waals surface area contributed by atoms with Crippen molar-refractivity contribution in [1.29, 1.82) is 0 Å². The topological polar surface area (TPSA) is 36.1 Å². The van der Waals surface area contributed by atoms with E-state index in [2.05, 4.69) is 361 Å². The number of aromatic nitrogens is 2. The van der Waals surface area contributed by atoms with E-state index in [1.54, 1.807) is 0 Å². The fourth-order valence-electron chi connectivity index (χ4n) is 20.6. The Labute approximate surface area is 607 Å². The molecule has 6 heterocycles. The summed E-state index contributed by atoms with van der Waals surface area (Å²) in [4.78, 5) is 0. The van der Waals surface area contributed by atoms with Crippen LogP contribution in [-0.2, 0) is 5.41 Å². The van der Waals surface area contributed by atoms with Gasteiger partial charge >= 0.3 is 0 Å². The number of furan rings is 2. The van der Waals surface area contributed by atoms with Gasteiger partial charge in [0.25, 0.3) is 0 Å². The Morgan fingerprint density at radius 1 is 0.238 bits per heavy atom. The summed E-state index contributed by atoms with van der Waals surface area (Å²) >= 11 is 0. The summed E-state index contributed by atoms with van der Waals surface area (Å²) < 4.78 is 19.0. The molecule has 4 nitrogen and oxygen atoms in total. The molecule has 16 aromatic carbocycles. The molecule has 24 rings (SSSR count). The Balaban J connectivity index is 0.861. The summed E-state index contributed by atoms with van der Waals surface area (Å²) in [6.07, 6.45) is 0. The zero-order valence-corrected chi connectivity index (χ0v) is 57.0. The largest absolute Gasteiger partial charge is 0.455 e. The maximum Gasteiger partial charge on any atom is 0.240 e. The van der Waals surface area contributed by atoms with E-state index in [0.717, 1.165) is 98.9 Å². The highest BCUT2D eigenvalue weighted by atomic mass is 16.3. The summed E-state index contributed by atoms with van der Waals surface area (Å²) in [6.45, 7) is -0.306. The van der Waals surface area contributed by atoms with Crippen molar-refractivity contribution in [2.75, 3.05) is 0 Å². The van der Waals surface area contributed by atoms with E-state index in [1.807, 2.05) is 0 Å². The number of hydrogen-bond donors (Lipinski definition) is 0. The first-order chi connectivity index (χ1) is 52.2. The highest BCUT2D eigenvalue weighted by molar-refractivity contribution is 7.13. The predicted octanol–water partition coefficient (Wildman–Crippen LogP) is 14.7. The first-order valence-electron chi connectivity index (χ1n) is 36.8. The lowest BCUT2D eigenvalue weighted by Gasteiger charge is -2.36. The minimum atomic E-state index is -0.833. The van der Waals surface area contributed by atoms with Gasteiger partial charge in [0.2, 0.25) is 26.9 Å². The Hall–Kier alpha value is -13.0. The van der Waals surface area contributed by atoms with Crippen LogP contribution in [0.5, 0.6) is 0 Å². The lowest BCUT2D eigenvalue weighted by Crippen LogP contribution is -2.75. The van der Waals surface area contributed by atoms with E-state index in [4.69, 9.17) is 8.83 Å². The molecular formula is C97H58B4N2O2. The van der Waals surface area contributed by atoms with Crippen LogP contribution in [0.1, 0.15) is 22.3 Å². The summed E-state index contributed by atoms with van der Waals surface area (Å²) in [6, 6.07) is 134. The third kappa shape index (κ3) is 7.64. The third-order valence-corrected chi connectivity index (χ3v) is 24.6. The smallest absolute Gasteiger partial charge is 0.240 e. The number of hydrogen-bond acceptors (Lipinski definition) is 2. The van der Waals surface area contributed by atoms with Crippen LogP contribution < -0.4 is 65.6 Å². The molecule has 0 radical (unpaired) electrons. The molecule has 20 aromatic rings. The SMILES string of the molecule is c1ccc(B2c3ccccc3B(c3ccccc3)c3c2ccc2c3-c3cc(-n4c5ccccc5c5c6oc7ccccc7c6ccc54)ccc3C23c2ccc(-n4c5ccccc5c5c6oc7ccccc7c6ccc54)cc2-c2c3ccc3c2B(c2ccccc2)c2ccccc2B3c2ccccc2)cc1. The average Bonchev–Trinajstić information content (AvgIpc) is 1.49. The van der Waals surface area contributed by atoms with Gasteiger partial charge in [0, 0.05) is 43.7 Å². The standard InChI is InChI=1S/C97H58B4N2O2/c1-5-25-59(26-6-1)98-77-37-17-19-39-79(77)100(61-29-9-3-10-30-61)93-81(98)53-51-75-89(93)71-57-63(102-83-41-21-13-35-69(83)91-85(102)55-47-67-65-33-15-23-43-87(65)104-95(67)91)45-49-73(71)97(75)74-50-46-64(103-84-42-22-14-36-70(84)92-86(103)56-48-68-66-34-16-24-44-88(66)105-96(68)92)58-72(74)90-76(97)52-54-82-94(90)101(62-31-11-4-12-32-62)80-40-20-18-38-78(80)99(82)60-27-7-2-8-28-60/h1-58H. The number of nitrogens with zero attached hydrogens (tertiary/aromatic N) is 2. The van der Waals surface area contributed by atoms with E-state index >= 15 is 0 Å². The minimum absolute atomic E-state index is 0.0410. The Morgan fingerprint density at radius 3 is 0.981 bits per heavy atom. The molecule has 0 atom stereocenters. The number of benzene rings is 16. The van der Waals surface area contributed by atoms with Gasteiger partial charge in [-0.15, -0.1) is 0 Å². The summed E-state index contributed by atoms with van der Waals surface area (Å²) in [5.74, 6) is 0. The molecule has 0 fully saturated rings. The molecule has 0 N–H and O–H groups in total. The summed E-state index contributed by atoms with van der Waals surface area (Å²) in [7, 11) is 0. The van der Waals surface area contributed by atoms with E-state index in [1.165, 1.54) is 110 Å². The second kappa shape index (κ2) is 21.5. The molecule has 8 heteroatoms. The fraction of sp³-hybridized carbons (Fsp3) is 0.0103. The number of rotatable bonds is 6. The van der Waals surface area contributed by atoms with Crippen LogP contribution in [0.2, 0.25) is 0 Å². The molecule has 0 amide bonds. The van der Waals surface area contributed by atoms with E-state index in [9.17, 15) is 0 Å². The van der Waals surface area contributed by atoms with Gasteiger partial charge in [-0.2, -0.15) is 0 Å². The quantitative estimate of drug-likeness (QED) is 0.156. The Bertz CT molecular complexity index is 6710. The maximum atomic E-state index is 6.97. The van der Waals surface area contributed by atoms with Gasteiger partial charge in [0.1, 0.15) is 22.3 Å². The van der Waals surface area contributed by atoms with Crippen molar-refractivity contribution in [2.45, 2.75) is 5.41 Å².